The van der Waals surface area contributed by atoms with Crippen molar-refractivity contribution in [2.75, 3.05) is 10.8 Å². The van der Waals surface area contributed by atoms with E-state index in [2.05, 4.69) is 0 Å². The standard InChI is InChI=1S/C14H12ClF2N3O3S/c15-9-1-4-11(5-2-9)24(22,23)20(8-14(21)19-18)13-6-3-10(16)7-12(13)17/h1-7H,8,18H2,(H,19,21). The van der Waals surface area contributed by atoms with E-state index in [4.69, 9.17) is 17.4 Å². The zero-order valence-electron chi connectivity index (χ0n) is 12.0. The Morgan fingerprint density at radius 1 is 1.17 bits per heavy atom. The van der Waals surface area contributed by atoms with E-state index in [0.717, 1.165) is 12.1 Å². The maximum atomic E-state index is 14.0. The van der Waals surface area contributed by atoms with Crippen molar-refractivity contribution in [1.82, 2.24) is 5.43 Å². The molecule has 0 bridgehead atoms. The lowest BCUT2D eigenvalue weighted by molar-refractivity contribution is -0.119. The number of amides is 1. The number of benzene rings is 2. The number of anilines is 1. The van der Waals surface area contributed by atoms with Gasteiger partial charge < -0.3 is 0 Å². The summed E-state index contributed by atoms with van der Waals surface area (Å²) in [6, 6.07) is 7.37. The van der Waals surface area contributed by atoms with Crippen LogP contribution in [0.25, 0.3) is 0 Å². The summed E-state index contributed by atoms with van der Waals surface area (Å²) in [6.45, 7) is -0.788. The highest BCUT2D eigenvalue weighted by molar-refractivity contribution is 7.92. The smallest absolute Gasteiger partial charge is 0.264 e. The molecule has 0 atom stereocenters. The first-order valence-electron chi connectivity index (χ1n) is 6.48. The molecular formula is C14H12ClF2N3O3S. The van der Waals surface area contributed by atoms with Crippen LogP contribution in [0.5, 0.6) is 0 Å². The maximum Gasteiger partial charge on any atom is 0.264 e. The largest absolute Gasteiger partial charge is 0.293 e. The monoisotopic (exact) mass is 375 g/mol. The molecule has 0 aromatic heterocycles. The van der Waals surface area contributed by atoms with E-state index in [0.29, 0.717) is 15.4 Å². The number of halogens is 3. The molecule has 2 aromatic rings. The minimum absolute atomic E-state index is 0.222. The van der Waals surface area contributed by atoms with Gasteiger partial charge in [-0.3, -0.25) is 14.5 Å². The van der Waals surface area contributed by atoms with Gasteiger partial charge in [0.25, 0.3) is 15.9 Å². The van der Waals surface area contributed by atoms with Crippen LogP contribution in [-0.4, -0.2) is 20.9 Å². The van der Waals surface area contributed by atoms with Gasteiger partial charge in [-0.15, -0.1) is 0 Å². The van der Waals surface area contributed by atoms with Gasteiger partial charge in [-0.2, -0.15) is 0 Å². The van der Waals surface area contributed by atoms with E-state index in [-0.39, 0.29) is 4.90 Å². The van der Waals surface area contributed by atoms with Crippen LogP contribution in [0.4, 0.5) is 14.5 Å². The van der Waals surface area contributed by atoms with Crippen LogP contribution in [0.3, 0.4) is 0 Å². The van der Waals surface area contributed by atoms with Crippen LogP contribution in [-0.2, 0) is 14.8 Å². The highest BCUT2D eigenvalue weighted by atomic mass is 35.5. The fourth-order valence-corrected chi connectivity index (χ4v) is 3.45. The summed E-state index contributed by atoms with van der Waals surface area (Å²) in [5.41, 5.74) is 1.28. The lowest BCUT2D eigenvalue weighted by Gasteiger charge is -2.24. The minimum atomic E-state index is -4.32. The molecule has 2 rings (SSSR count). The highest BCUT2D eigenvalue weighted by Crippen LogP contribution is 2.27. The average Bonchev–Trinajstić information content (AvgIpc) is 2.53. The van der Waals surface area contributed by atoms with Gasteiger partial charge in [0, 0.05) is 11.1 Å². The van der Waals surface area contributed by atoms with Gasteiger partial charge in [0.05, 0.1) is 10.6 Å². The first-order valence-corrected chi connectivity index (χ1v) is 8.30. The average molecular weight is 376 g/mol. The van der Waals surface area contributed by atoms with E-state index < -0.39 is 39.8 Å². The van der Waals surface area contributed by atoms with Crippen LogP contribution < -0.4 is 15.6 Å². The number of nitrogens with one attached hydrogen (secondary N) is 1. The summed E-state index contributed by atoms with van der Waals surface area (Å²) in [7, 11) is -4.32. The van der Waals surface area contributed by atoms with Crippen molar-refractivity contribution in [1.29, 1.82) is 0 Å². The third kappa shape index (κ3) is 3.81. The van der Waals surface area contributed by atoms with E-state index in [9.17, 15) is 22.0 Å². The topological polar surface area (TPSA) is 92.5 Å². The molecule has 0 saturated heterocycles. The van der Waals surface area contributed by atoms with Crippen molar-refractivity contribution >= 4 is 33.2 Å². The van der Waals surface area contributed by atoms with Crippen molar-refractivity contribution in [3.05, 3.63) is 59.1 Å². The zero-order valence-corrected chi connectivity index (χ0v) is 13.6. The third-order valence-electron chi connectivity index (χ3n) is 3.03. The molecule has 24 heavy (non-hydrogen) atoms. The number of nitrogens with two attached hydrogens (primary N) is 1. The second-order valence-corrected chi connectivity index (χ2v) is 6.93. The van der Waals surface area contributed by atoms with Gasteiger partial charge in [-0.25, -0.2) is 23.0 Å². The SMILES string of the molecule is NNC(=O)CN(c1ccc(F)cc1F)S(=O)(=O)c1ccc(Cl)cc1. The van der Waals surface area contributed by atoms with Gasteiger partial charge in [-0.1, -0.05) is 11.6 Å². The number of sulfonamides is 1. The third-order valence-corrected chi connectivity index (χ3v) is 5.05. The molecule has 0 aliphatic heterocycles. The fourth-order valence-electron chi connectivity index (χ4n) is 1.89. The van der Waals surface area contributed by atoms with Crippen molar-refractivity contribution < 1.29 is 22.0 Å². The number of carbonyl (C=O) groups is 1. The highest BCUT2D eigenvalue weighted by Gasteiger charge is 2.29. The van der Waals surface area contributed by atoms with Gasteiger partial charge in [0.2, 0.25) is 0 Å². The van der Waals surface area contributed by atoms with Crippen LogP contribution in [0.2, 0.25) is 5.02 Å². The lowest BCUT2D eigenvalue weighted by Crippen LogP contribution is -2.43. The summed E-state index contributed by atoms with van der Waals surface area (Å²) < 4.78 is 53.1. The molecule has 0 saturated carbocycles. The molecule has 10 heteroatoms. The Kier molecular flexibility index (Phi) is 5.37. The van der Waals surface area contributed by atoms with Crippen molar-refractivity contribution in [3.63, 3.8) is 0 Å². The zero-order chi connectivity index (χ0) is 17.9. The summed E-state index contributed by atoms with van der Waals surface area (Å²) in [4.78, 5) is 11.3. The molecule has 0 unspecified atom stereocenters. The second kappa shape index (κ2) is 7.12. The first-order chi connectivity index (χ1) is 11.3. The van der Waals surface area contributed by atoms with E-state index >= 15 is 0 Å². The van der Waals surface area contributed by atoms with E-state index in [1.54, 1.807) is 5.43 Å². The molecule has 0 fully saturated rings. The number of nitrogens with zero attached hydrogens (tertiary/aromatic N) is 1. The Morgan fingerprint density at radius 2 is 1.79 bits per heavy atom. The summed E-state index contributed by atoms with van der Waals surface area (Å²) in [6.07, 6.45) is 0. The molecule has 128 valence electrons. The van der Waals surface area contributed by atoms with Crippen molar-refractivity contribution in [2.24, 2.45) is 5.84 Å². The Labute approximate surface area is 141 Å². The predicted octanol–water partition coefficient (Wildman–Crippen LogP) is 1.80. The van der Waals surface area contributed by atoms with E-state index in [1.165, 1.54) is 24.3 Å². The summed E-state index contributed by atoms with van der Waals surface area (Å²) in [5, 5.41) is 0.299. The number of hydrogen-bond acceptors (Lipinski definition) is 4. The van der Waals surface area contributed by atoms with Crippen LogP contribution in [0, 0.1) is 11.6 Å². The summed E-state index contributed by atoms with van der Waals surface area (Å²) in [5.74, 6) is 2.06. The molecule has 6 nitrogen and oxygen atoms in total. The van der Waals surface area contributed by atoms with Crippen LogP contribution in [0.1, 0.15) is 0 Å². The Bertz CT molecular complexity index is 860. The molecule has 0 spiro atoms. The molecule has 3 N–H and O–H groups in total. The van der Waals surface area contributed by atoms with Gasteiger partial charge in [0.1, 0.15) is 18.2 Å². The molecule has 1 amide bonds. The van der Waals surface area contributed by atoms with Gasteiger partial charge >= 0.3 is 0 Å². The second-order valence-electron chi connectivity index (χ2n) is 4.63. The Morgan fingerprint density at radius 3 is 2.33 bits per heavy atom. The number of rotatable bonds is 5. The first kappa shape index (κ1) is 18.1. The fraction of sp³-hybridized carbons (Fsp3) is 0.0714. The molecule has 0 aliphatic rings. The van der Waals surface area contributed by atoms with Crippen LogP contribution in [0.15, 0.2) is 47.4 Å². The molecular weight excluding hydrogens is 364 g/mol. The number of hydrazine groups is 1. The van der Waals surface area contributed by atoms with E-state index in [1.807, 2.05) is 0 Å². The van der Waals surface area contributed by atoms with Gasteiger partial charge in [-0.05, 0) is 36.4 Å². The molecule has 0 heterocycles. The van der Waals surface area contributed by atoms with Crippen molar-refractivity contribution in [3.8, 4) is 0 Å². The molecule has 2 aromatic carbocycles. The molecule has 0 radical (unpaired) electrons. The number of hydrogen-bond donors (Lipinski definition) is 2. The quantitative estimate of drug-likeness (QED) is 0.473. The van der Waals surface area contributed by atoms with Crippen molar-refractivity contribution in [2.45, 2.75) is 4.90 Å². The van der Waals surface area contributed by atoms with Gasteiger partial charge in [0.15, 0.2) is 0 Å². The van der Waals surface area contributed by atoms with Crippen LogP contribution >= 0.6 is 11.6 Å². The lowest BCUT2D eigenvalue weighted by atomic mass is 10.3. The summed E-state index contributed by atoms with van der Waals surface area (Å²) >= 11 is 5.72. The minimum Gasteiger partial charge on any atom is -0.293 e. The Hall–Kier alpha value is -2.23. The molecule has 0 aliphatic carbocycles. The number of carbonyl (C=O) groups excluding carboxylic acids is 1. The normalized spacial score (nSPS) is 11.2. The maximum absolute atomic E-state index is 14.0. The Balaban J connectivity index is 2.57. The predicted molar refractivity (Wildman–Crippen MR) is 84.7 cm³/mol.